The zero-order valence-electron chi connectivity index (χ0n) is 34.6. The second-order valence-corrected chi connectivity index (χ2v) is 17.8. The molecular weight excluding hydrogens is 761 g/mol. The van der Waals surface area contributed by atoms with Crippen molar-refractivity contribution in [2.45, 2.75) is 115 Å². The lowest BCUT2D eigenvalue weighted by Crippen LogP contribution is -2.46. The Bertz CT molecular complexity index is 2720. The molecule has 1 saturated carbocycles. The molecule has 1 amide bonds. The Morgan fingerprint density at radius 2 is 1.78 bits per heavy atom. The number of aromatic nitrogens is 7. The van der Waals surface area contributed by atoms with Crippen molar-refractivity contribution in [1.82, 2.24) is 39.8 Å². The lowest BCUT2D eigenvalue weighted by Gasteiger charge is -2.53. The van der Waals surface area contributed by atoms with Gasteiger partial charge < -0.3 is 19.9 Å². The van der Waals surface area contributed by atoms with Crippen molar-refractivity contribution in [1.29, 1.82) is 0 Å². The molecule has 9 rings (SSSR count). The van der Waals surface area contributed by atoms with E-state index in [1.807, 2.05) is 0 Å². The van der Waals surface area contributed by atoms with E-state index in [0.717, 1.165) is 71.2 Å². The molecule has 14 heteroatoms. The SMILES string of the molecule is Cc1cn([C@H]2C[C@H](n3cc(CNC(=O)CCCCCOc4ccc5c(c4)-c4nc6cc7ccccc7cc6nc4[C@@H]4C(C)(C)CCC[C@]54C)nn3)[C@@H](CO)O2)c(=O)[nH]c1=O. The normalized spacial score (nSPS) is 22.9. The fraction of sp³-hybridized carbons (Fsp3) is 0.457. The Balaban J connectivity index is 0.795. The number of aromatic amines is 1. The summed E-state index contributed by atoms with van der Waals surface area (Å²) < 4.78 is 15.2. The van der Waals surface area contributed by atoms with Crippen molar-refractivity contribution in [3.63, 3.8) is 0 Å². The minimum absolute atomic E-state index is 0.0638. The van der Waals surface area contributed by atoms with Crippen molar-refractivity contribution < 1.29 is 19.4 Å². The molecule has 3 aromatic heterocycles. The number of fused-ring (bicyclic) bond motifs is 8. The van der Waals surface area contributed by atoms with Gasteiger partial charge in [-0.05, 0) is 85.0 Å². The van der Waals surface area contributed by atoms with Crippen LogP contribution in [0.4, 0.5) is 0 Å². The first-order valence-corrected chi connectivity index (χ1v) is 21.2. The Kier molecular flexibility index (Phi) is 10.4. The smallest absolute Gasteiger partial charge is 0.330 e. The monoisotopic (exact) mass is 812 g/mol. The second kappa shape index (κ2) is 15.7. The highest BCUT2D eigenvalue weighted by atomic mass is 16.5. The lowest BCUT2D eigenvalue weighted by atomic mass is 9.50. The molecule has 3 aliphatic rings. The van der Waals surface area contributed by atoms with E-state index in [1.54, 1.807) is 17.8 Å². The molecule has 60 heavy (non-hydrogen) atoms. The molecule has 3 N–H and O–H groups in total. The predicted octanol–water partition coefficient (Wildman–Crippen LogP) is 6.54. The van der Waals surface area contributed by atoms with E-state index in [1.165, 1.54) is 28.1 Å². The maximum Gasteiger partial charge on any atom is 0.330 e. The van der Waals surface area contributed by atoms with Crippen molar-refractivity contribution in [2.75, 3.05) is 13.2 Å². The molecule has 1 aliphatic heterocycles. The van der Waals surface area contributed by atoms with Crippen LogP contribution in [0.3, 0.4) is 0 Å². The summed E-state index contributed by atoms with van der Waals surface area (Å²) in [6.45, 7) is 9.27. The van der Waals surface area contributed by atoms with E-state index in [4.69, 9.17) is 19.4 Å². The highest BCUT2D eigenvalue weighted by Crippen LogP contribution is 2.62. The number of carbonyl (C=O) groups excluding carboxylic acids is 1. The summed E-state index contributed by atoms with van der Waals surface area (Å²) >= 11 is 0. The average Bonchev–Trinajstić information content (AvgIpc) is 3.88. The van der Waals surface area contributed by atoms with E-state index >= 15 is 0 Å². The molecule has 0 unspecified atom stereocenters. The number of H-pyrrole nitrogens is 1. The van der Waals surface area contributed by atoms with Crippen LogP contribution in [-0.2, 0) is 21.5 Å². The van der Waals surface area contributed by atoms with Gasteiger partial charge in [-0.15, -0.1) is 5.10 Å². The number of aliphatic hydroxyl groups is 1. The lowest BCUT2D eigenvalue weighted by molar-refractivity contribution is -0.121. The van der Waals surface area contributed by atoms with Gasteiger partial charge in [-0.3, -0.25) is 19.1 Å². The number of hydrogen-bond donors (Lipinski definition) is 3. The molecule has 4 heterocycles. The van der Waals surface area contributed by atoms with Crippen LogP contribution in [0.25, 0.3) is 33.1 Å². The molecule has 312 valence electrons. The summed E-state index contributed by atoms with van der Waals surface area (Å²) in [6.07, 6.45) is 8.33. The number of aliphatic hydroxyl groups excluding tert-OH is 1. The molecule has 2 aliphatic carbocycles. The summed E-state index contributed by atoms with van der Waals surface area (Å²) in [6, 6.07) is 18.9. The highest BCUT2D eigenvalue weighted by molar-refractivity contribution is 5.96. The third kappa shape index (κ3) is 7.29. The highest BCUT2D eigenvalue weighted by Gasteiger charge is 2.53. The summed E-state index contributed by atoms with van der Waals surface area (Å²) in [7, 11) is 0. The van der Waals surface area contributed by atoms with Crippen LogP contribution in [0.1, 0.15) is 113 Å². The molecule has 0 spiro atoms. The number of benzene rings is 3. The largest absolute Gasteiger partial charge is 0.494 e. The second-order valence-electron chi connectivity index (χ2n) is 17.8. The van der Waals surface area contributed by atoms with E-state index in [0.29, 0.717) is 30.7 Å². The van der Waals surface area contributed by atoms with Gasteiger partial charge in [-0.2, -0.15) is 0 Å². The van der Waals surface area contributed by atoms with Crippen LogP contribution in [0.15, 0.2) is 76.6 Å². The molecule has 0 bridgehead atoms. The minimum Gasteiger partial charge on any atom is -0.494 e. The maximum absolute atomic E-state index is 12.7. The summed E-state index contributed by atoms with van der Waals surface area (Å²) in [5.41, 5.74) is 6.26. The first-order valence-electron chi connectivity index (χ1n) is 21.2. The topological polar surface area (TPSA) is 179 Å². The maximum atomic E-state index is 12.7. The standard InChI is InChI=1S/C46H52N8O6/c1-27-24-53(44(58)50-43(27)57)39-22-36(37(26-55)60-39)54-25-30(51-52-54)23-47-38(56)13-6-5-9-18-59-31-14-15-33-32(21-31)40-41(42-45(2,3)16-10-17-46(33,42)4)49-35-20-29-12-8-7-11-28(29)19-34(35)48-40/h7-8,11-12,14-15,19-21,24-25,36-37,39,42,55H,5-6,9-10,13,16-18,22-23,26H2,1-4H3,(H,47,56)(H,50,57,58)/t36-,37+,39+,42+,46+/m0/s1. The Morgan fingerprint density at radius 3 is 2.57 bits per heavy atom. The van der Waals surface area contributed by atoms with Gasteiger partial charge in [0.15, 0.2) is 0 Å². The third-order valence-electron chi connectivity index (χ3n) is 13.2. The zero-order valence-corrected chi connectivity index (χ0v) is 34.6. The van der Waals surface area contributed by atoms with Gasteiger partial charge in [0.1, 0.15) is 23.8 Å². The molecule has 3 aromatic carbocycles. The Labute approximate surface area is 347 Å². The number of ether oxygens (including phenoxy) is 2. The quantitative estimate of drug-likeness (QED) is 0.0908. The Hall–Kier alpha value is -5.73. The fourth-order valence-corrected chi connectivity index (χ4v) is 10.2. The number of unbranched alkanes of at least 4 members (excludes halogenated alkanes) is 2. The van der Waals surface area contributed by atoms with Gasteiger partial charge in [0.2, 0.25) is 5.91 Å². The third-order valence-corrected chi connectivity index (χ3v) is 13.2. The minimum atomic E-state index is -0.693. The summed E-state index contributed by atoms with van der Waals surface area (Å²) in [4.78, 5) is 50.1. The van der Waals surface area contributed by atoms with Gasteiger partial charge in [0.25, 0.3) is 5.56 Å². The van der Waals surface area contributed by atoms with Crippen LogP contribution in [0.2, 0.25) is 0 Å². The van der Waals surface area contributed by atoms with E-state index in [9.17, 15) is 19.5 Å². The Morgan fingerprint density at radius 1 is 1.00 bits per heavy atom. The molecule has 0 radical (unpaired) electrons. The van der Waals surface area contributed by atoms with E-state index in [-0.39, 0.29) is 35.8 Å². The number of aryl methyl sites for hydroxylation is 1. The number of nitrogens with one attached hydrogen (secondary N) is 2. The van der Waals surface area contributed by atoms with Crippen LogP contribution in [0.5, 0.6) is 5.75 Å². The van der Waals surface area contributed by atoms with Gasteiger partial charge in [-0.1, -0.05) is 62.7 Å². The molecule has 14 nitrogen and oxygen atoms in total. The molecule has 2 fully saturated rings. The van der Waals surface area contributed by atoms with E-state index < -0.39 is 29.6 Å². The fourth-order valence-electron chi connectivity index (χ4n) is 10.2. The number of hydrogen-bond acceptors (Lipinski definition) is 10. The van der Waals surface area contributed by atoms with Crippen molar-refractivity contribution in [3.05, 3.63) is 110 Å². The molecule has 5 atom stereocenters. The summed E-state index contributed by atoms with van der Waals surface area (Å²) in [5.74, 6) is 0.980. The average molecular weight is 813 g/mol. The van der Waals surface area contributed by atoms with Gasteiger partial charge >= 0.3 is 5.69 Å². The number of rotatable bonds is 12. The molecule has 1 saturated heterocycles. The van der Waals surface area contributed by atoms with Crippen LogP contribution < -0.4 is 21.3 Å². The van der Waals surface area contributed by atoms with Gasteiger partial charge in [-0.25, -0.2) is 19.4 Å². The predicted molar refractivity (Wildman–Crippen MR) is 227 cm³/mol. The molecule has 6 aromatic rings. The van der Waals surface area contributed by atoms with Crippen LogP contribution >= 0.6 is 0 Å². The van der Waals surface area contributed by atoms with E-state index in [2.05, 4.69) is 96.0 Å². The van der Waals surface area contributed by atoms with Crippen LogP contribution in [-0.4, -0.2) is 64.8 Å². The van der Waals surface area contributed by atoms with Crippen LogP contribution in [0, 0.1) is 12.3 Å². The zero-order chi connectivity index (χ0) is 41.8. The summed E-state index contributed by atoms with van der Waals surface area (Å²) in [5, 5.41) is 23.7. The number of nitrogens with zero attached hydrogens (tertiary/aromatic N) is 6. The number of amides is 1. The van der Waals surface area contributed by atoms with Crippen molar-refractivity contribution in [3.8, 4) is 17.0 Å². The van der Waals surface area contributed by atoms with Gasteiger partial charge in [0, 0.05) is 41.5 Å². The first kappa shape index (κ1) is 39.7. The molecular formula is C46H52N8O6. The first-order chi connectivity index (χ1) is 28.9. The van der Waals surface area contributed by atoms with Gasteiger partial charge in [0.05, 0.1) is 54.4 Å². The van der Waals surface area contributed by atoms with Crippen molar-refractivity contribution in [2.24, 2.45) is 5.41 Å². The number of carbonyl (C=O) groups is 1. The van der Waals surface area contributed by atoms with Crippen molar-refractivity contribution >= 4 is 27.7 Å².